The molecule has 0 unspecified atom stereocenters. The molecule has 5 nitrogen and oxygen atoms in total. The van der Waals surface area contributed by atoms with Crippen molar-refractivity contribution in [3.05, 3.63) is 65.7 Å². The molecule has 0 atom stereocenters. The van der Waals surface area contributed by atoms with E-state index in [0.717, 1.165) is 6.20 Å². The van der Waals surface area contributed by atoms with E-state index in [9.17, 15) is 13.6 Å². The van der Waals surface area contributed by atoms with Gasteiger partial charge in [0.2, 0.25) is 0 Å². The largest absolute Gasteiger partial charge is 0.322 e. The highest BCUT2D eigenvalue weighted by Gasteiger charge is 2.14. The van der Waals surface area contributed by atoms with E-state index in [1.807, 2.05) is 13.8 Å². The molecule has 1 amide bonds. The maximum absolute atomic E-state index is 14.4. The van der Waals surface area contributed by atoms with E-state index in [-0.39, 0.29) is 11.3 Å². The van der Waals surface area contributed by atoms with Crippen LogP contribution < -0.4 is 5.32 Å². The summed E-state index contributed by atoms with van der Waals surface area (Å²) < 4.78 is 29.5. The molecule has 7 heteroatoms. The predicted molar refractivity (Wildman–Crippen MR) is 96.8 cm³/mol. The highest BCUT2D eigenvalue weighted by atomic mass is 19.1. The summed E-state index contributed by atoms with van der Waals surface area (Å²) in [6.07, 6.45) is 3.98. The summed E-state index contributed by atoms with van der Waals surface area (Å²) in [6.45, 7) is 5.79. The normalized spacial score (nSPS) is 10.1. The number of carbonyl (C=O) groups is 1. The van der Waals surface area contributed by atoms with Crippen LogP contribution >= 0.6 is 0 Å². The molecule has 2 aromatic heterocycles. The van der Waals surface area contributed by atoms with Crippen molar-refractivity contribution in [1.29, 1.82) is 0 Å². The minimum absolute atomic E-state index is 0.155. The molecule has 0 radical (unpaired) electrons. The number of hydrogen-bond acceptors (Lipinski definition) is 3. The molecular weight excluding hydrogens is 338 g/mol. The molecule has 0 fully saturated rings. The van der Waals surface area contributed by atoms with E-state index in [1.165, 1.54) is 18.3 Å². The number of benzene rings is 1. The Morgan fingerprint density at radius 3 is 2.42 bits per heavy atom. The second-order valence-corrected chi connectivity index (χ2v) is 5.31. The molecule has 2 heterocycles. The molecule has 0 aliphatic carbocycles. The zero-order valence-electron chi connectivity index (χ0n) is 15.0. The lowest BCUT2D eigenvalue weighted by atomic mass is 10.1. The lowest BCUT2D eigenvalue weighted by Crippen LogP contribution is -2.14. The highest BCUT2D eigenvalue weighted by molar-refractivity contribution is 6.04. The molecule has 0 saturated carbocycles. The van der Waals surface area contributed by atoms with E-state index in [1.54, 1.807) is 37.0 Å². The van der Waals surface area contributed by atoms with Gasteiger partial charge in [-0.15, -0.1) is 0 Å². The van der Waals surface area contributed by atoms with Crippen LogP contribution in [-0.4, -0.2) is 20.7 Å². The van der Waals surface area contributed by atoms with E-state index in [2.05, 4.69) is 15.4 Å². The minimum atomic E-state index is -0.738. The minimum Gasteiger partial charge on any atom is -0.322 e. The van der Waals surface area contributed by atoms with Crippen molar-refractivity contribution in [2.24, 2.45) is 7.05 Å². The van der Waals surface area contributed by atoms with Crippen LogP contribution in [0.2, 0.25) is 0 Å². The third-order valence-electron chi connectivity index (χ3n) is 3.55. The molecular formula is C19H20F2N4O. The molecule has 0 aliphatic heterocycles. The summed E-state index contributed by atoms with van der Waals surface area (Å²) in [5, 5.41) is 6.65. The van der Waals surface area contributed by atoms with Crippen LogP contribution in [0.5, 0.6) is 0 Å². The monoisotopic (exact) mass is 358 g/mol. The fraction of sp³-hybridized carbons (Fsp3) is 0.211. The number of anilines is 1. The lowest BCUT2D eigenvalue weighted by Gasteiger charge is -2.08. The molecule has 136 valence electrons. The van der Waals surface area contributed by atoms with Crippen LogP contribution in [0, 0.1) is 18.6 Å². The lowest BCUT2D eigenvalue weighted by molar-refractivity contribution is 0.102. The van der Waals surface area contributed by atoms with E-state index in [4.69, 9.17) is 0 Å². The van der Waals surface area contributed by atoms with Gasteiger partial charge in [0.1, 0.15) is 5.82 Å². The van der Waals surface area contributed by atoms with Crippen molar-refractivity contribution < 1.29 is 13.6 Å². The first-order valence-corrected chi connectivity index (χ1v) is 8.16. The van der Waals surface area contributed by atoms with Gasteiger partial charge >= 0.3 is 0 Å². The third-order valence-corrected chi connectivity index (χ3v) is 3.55. The number of rotatable bonds is 3. The Hall–Kier alpha value is -3.09. The van der Waals surface area contributed by atoms with Gasteiger partial charge in [0.15, 0.2) is 5.82 Å². The number of carbonyl (C=O) groups excluding carboxylic acids is 1. The number of amides is 1. The number of nitrogens with one attached hydrogen (secondary N) is 1. The topological polar surface area (TPSA) is 59.8 Å². The third kappa shape index (κ3) is 4.11. The Balaban J connectivity index is 0.00000117. The van der Waals surface area contributed by atoms with Crippen LogP contribution in [0.3, 0.4) is 0 Å². The summed E-state index contributed by atoms with van der Waals surface area (Å²) >= 11 is 0. The van der Waals surface area contributed by atoms with Gasteiger partial charge in [0.25, 0.3) is 5.91 Å². The standard InChI is InChI=1S/C17H14F2N4O.C2H6/c1-10-14(9-23(2)22-10)12-4-3-11(7-15(12)18)21-17(24)13-5-6-20-8-16(13)19;1-2/h3-9H,1-2H3,(H,21,24);1-2H3. The second kappa shape index (κ2) is 8.33. The average Bonchev–Trinajstić information content (AvgIpc) is 2.95. The van der Waals surface area contributed by atoms with Gasteiger partial charge in [-0.1, -0.05) is 13.8 Å². The summed E-state index contributed by atoms with van der Waals surface area (Å²) in [6, 6.07) is 5.56. The molecule has 3 aromatic rings. The maximum Gasteiger partial charge on any atom is 0.258 e. The molecule has 0 saturated heterocycles. The Morgan fingerprint density at radius 1 is 1.12 bits per heavy atom. The molecule has 3 rings (SSSR count). The zero-order valence-corrected chi connectivity index (χ0v) is 15.0. The Kier molecular flexibility index (Phi) is 6.16. The first-order chi connectivity index (χ1) is 12.5. The maximum atomic E-state index is 14.4. The molecule has 0 bridgehead atoms. The summed E-state index contributed by atoms with van der Waals surface area (Å²) in [5.74, 6) is -1.91. The van der Waals surface area contributed by atoms with Gasteiger partial charge < -0.3 is 5.32 Å². The Morgan fingerprint density at radius 2 is 1.85 bits per heavy atom. The molecule has 0 aliphatic rings. The van der Waals surface area contributed by atoms with E-state index >= 15 is 0 Å². The Bertz CT molecular complexity index is 922. The van der Waals surface area contributed by atoms with Gasteiger partial charge in [-0.2, -0.15) is 5.10 Å². The van der Waals surface area contributed by atoms with Gasteiger partial charge in [0, 0.05) is 36.3 Å². The first kappa shape index (κ1) is 19.2. The van der Waals surface area contributed by atoms with Crippen molar-refractivity contribution in [3.63, 3.8) is 0 Å². The predicted octanol–water partition coefficient (Wildman–Crippen LogP) is 4.35. The van der Waals surface area contributed by atoms with Gasteiger partial charge in [-0.05, 0) is 31.2 Å². The van der Waals surface area contributed by atoms with Gasteiger partial charge in [-0.3, -0.25) is 14.5 Å². The van der Waals surface area contributed by atoms with Crippen LogP contribution in [0.15, 0.2) is 42.9 Å². The molecule has 0 spiro atoms. The first-order valence-electron chi connectivity index (χ1n) is 8.16. The fourth-order valence-electron chi connectivity index (χ4n) is 2.43. The van der Waals surface area contributed by atoms with Crippen LogP contribution in [0.25, 0.3) is 11.1 Å². The number of halogens is 2. The van der Waals surface area contributed by atoms with Crippen LogP contribution in [0.4, 0.5) is 14.5 Å². The molecule has 1 aromatic carbocycles. The summed E-state index contributed by atoms with van der Waals surface area (Å²) in [7, 11) is 1.76. The zero-order chi connectivity index (χ0) is 19.3. The smallest absolute Gasteiger partial charge is 0.258 e. The van der Waals surface area contributed by atoms with Gasteiger partial charge in [0.05, 0.1) is 17.5 Å². The van der Waals surface area contributed by atoms with Crippen molar-refractivity contribution >= 4 is 11.6 Å². The molecule has 26 heavy (non-hydrogen) atoms. The van der Waals surface area contributed by atoms with Crippen molar-refractivity contribution in [1.82, 2.24) is 14.8 Å². The Labute approximate surface area is 150 Å². The van der Waals surface area contributed by atoms with E-state index in [0.29, 0.717) is 16.8 Å². The number of pyridine rings is 1. The summed E-state index contributed by atoms with van der Waals surface area (Å²) in [5.41, 5.74) is 1.84. The van der Waals surface area contributed by atoms with Crippen LogP contribution in [-0.2, 0) is 7.05 Å². The number of hydrogen-bond donors (Lipinski definition) is 1. The number of aromatic nitrogens is 3. The van der Waals surface area contributed by atoms with Crippen molar-refractivity contribution in [3.8, 4) is 11.1 Å². The summed E-state index contributed by atoms with van der Waals surface area (Å²) in [4.78, 5) is 15.6. The van der Waals surface area contributed by atoms with Gasteiger partial charge in [-0.25, -0.2) is 8.78 Å². The SMILES string of the molecule is CC.Cc1nn(C)cc1-c1ccc(NC(=O)c2ccncc2F)cc1F. The fourth-order valence-corrected chi connectivity index (χ4v) is 2.43. The number of aryl methyl sites for hydroxylation is 2. The highest BCUT2D eigenvalue weighted by Crippen LogP contribution is 2.27. The van der Waals surface area contributed by atoms with Crippen molar-refractivity contribution in [2.75, 3.05) is 5.32 Å². The second-order valence-electron chi connectivity index (χ2n) is 5.31. The van der Waals surface area contributed by atoms with Crippen LogP contribution in [0.1, 0.15) is 29.9 Å². The number of nitrogens with zero attached hydrogens (tertiary/aromatic N) is 3. The average molecular weight is 358 g/mol. The quantitative estimate of drug-likeness (QED) is 0.757. The van der Waals surface area contributed by atoms with E-state index < -0.39 is 17.5 Å². The van der Waals surface area contributed by atoms with Crippen molar-refractivity contribution in [2.45, 2.75) is 20.8 Å². The molecule has 1 N–H and O–H groups in total.